The fourth-order valence-electron chi connectivity index (χ4n) is 3.89. The van der Waals surface area contributed by atoms with Gasteiger partial charge in [0.25, 0.3) is 0 Å². The van der Waals surface area contributed by atoms with E-state index in [9.17, 15) is 18.0 Å². The number of rotatable bonds is 13. The first-order valence-corrected chi connectivity index (χ1v) is 14.2. The standard InChI is InChI=1S/C26H36ClN3O5S/c1-6-8-14-28-26(32)22(7-2)29(17-20-11-9-10-19(3)15-20)25(31)18-30(36(5,33)34)23-16-21(27)12-13-24(23)35-4/h9-13,15-16,22H,6-8,14,17-18H2,1-5H3,(H,28,32)/t22-/m1/s1. The van der Waals surface area contributed by atoms with Crippen molar-refractivity contribution in [3.63, 3.8) is 0 Å². The monoisotopic (exact) mass is 537 g/mol. The lowest BCUT2D eigenvalue weighted by Gasteiger charge is -2.33. The number of sulfonamides is 1. The van der Waals surface area contributed by atoms with Gasteiger partial charge < -0.3 is 15.0 Å². The van der Waals surface area contributed by atoms with Gasteiger partial charge in [-0.1, -0.05) is 61.7 Å². The fourth-order valence-corrected chi connectivity index (χ4v) is 4.90. The Kier molecular flexibility index (Phi) is 11.0. The van der Waals surface area contributed by atoms with Crippen molar-refractivity contribution < 1.29 is 22.7 Å². The van der Waals surface area contributed by atoms with Gasteiger partial charge in [0.1, 0.15) is 18.3 Å². The van der Waals surface area contributed by atoms with Gasteiger partial charge in [-0.25, -0.2) is 8.42 Å². The Morgan fingerprint density at radius 2 is 1.86 bits per heavy atom. The number of nitrogens with zero attached hydrogens (tertiary/aromatic N) is 2. The summed E-state index contributed by atoms with van der Waals surface area (Å²) in [5.74, 6) is -0.521. The molecule has 0 bridgehead atoms. The van der Waals surface area contributed by atoms with E-state index in [-0.39, 0.29) is 23.9 Å². The number of benzene rings is 2. The van der Waals surface area contributed by atoms with Gasteiger partial charge >= 0.3 is 0 Å². The quantitative estimate of drug-likeness (QED) is 0.387. The second-order valence-corrected chi connectivity index (χ2v) is 11.0. The molecule has 0 saturated heterocycles. The van der Waals surface area contributed by atoms with Crippen LogP contribution in [0.25, 0.3) is 0 Å². The molecule has 36 heavy (non-hydrogen) atoms. The van der Waals surface area contributed by atoms with E-state index in [0.717, 1.165) is 34.5 Å². The molecule has 0 aliphatic carbocycles. The lowest BCUT2D eigenvalue weighted by atomic mass is 10.1. The number of methoxy groups -OCH3 is 1. The van der Waals surface area contributed by atoms with Gasteiger partial charge in [0.05, 0.1) is 19.1 Å². The summed E-state index contributed by atoms with van der Waals surface area (Å²) in [6, 6.07) is 11.4. The van der Waals surface area contributed by atoms with Crippen LogP contribution in [-0.4, -0.2) is 57.6 Å². The van der Waals surface area contributed by atoms with Crippen LogP contribution in [0.4, 0.5) is 5.69 Å². The number of amides is 2. The first-order chi connectivity index (χ1) is 17.0. The summed E-state index contributed by atoms with van der Waals surface area (Å²) >= 11 is 6.14. The average Bonchev–Trinajstić information content (AvgIpc) is 2.81. The van der Waals surface area contributed by atoms with E-state index in [1.54, 1.807) is 12.1 Å². The van der Waals surface area contributed by atoms with Crippen LogP contribution in [-0.2, 0) is 26.2 Å². The molecule has 10 heteroatoms. The number of aryl methyl sites for hydroxylation is 1. The maximum Gasteiger partial charge on any atom is 0.244 e. The van der Waals surface area contributed by atoms with Crippen LogP contribution in [0.2, 0.25) is 5.02 Å². The zero-order valence-corrected chi connectivity index (χ0v) is 23.2. The number of ether oxygens (including phenoxy) is 1. The Morgan fingerprint density at radius 1 is 1.14 bits per heavy atom. The molecule has 0 aliphatic heterocycles. The van der Waals surface area contributed by atoms with Crippen molar-refractivity contribution in [1.29, 1.82) is 0 Å². The van der Waals surface area contributed by atoms with Crippen LogP contribution in [0.1, 0.15) is 44.2 Å². The third-order valence-electron chi connectivity index (χ3n) is 5.74. The van der Waals surface area contributed by atoms with Crippen LogP contribution < -0.4 is 14.4 Å². The van der Waals surface area contributed by atoms with Crippen molar-refractivity contribution in [3.8, 4) is 5.75 Å². The summed E-state index contributed by atoms with van der Waals surface area (Å²) in [7, 11) is -2.49. The van der Waals surface area contributed by atoms with Crippen molar-refractivity contribution in [2.45, 2.75) is 52.6 Å². The minimum absolute atomic E-state index is 0.150. The summed E-state index contributed by atoms with van der Waals surface area (Å²) in [5, 5.41) is 3.20. The maximum atomic E-state index is 13.7. The van der Waals surface area contributed by atoms with Crippen LogP contribution in [0.5, 0.6) is 5.75 Å². The number of unbranched alkanes of at least 4 members (excludes halogenated alkanes) is 1. The average molecular weight is 538 g/mol. The highest BCUT2D eigenvalue weighted by molar-refractivity contribution is 7.92. The van der Waals surface area contributed by atoms with E-state index >= 15 is 0 Å². The minimum Gasteiger partial charge on any atom is -0.495 e. The zero-order valence-electron chi connectivity index (χ0n) is 21.6. The second-order valence-electron chi connectivity index (χ2n) is 8.67. The second kappa shape index (κ2) is 13.5. The molecule has 2 aromatic rings. The molecule has 1 atom stereocenters. The van der Waals surface area contributed by atoms with Crippen LogP contribution in [0.15, 0.2) is 42.5 Å². The largest absolute Gasteiger partial charge is 0.495 e. The molecule has 0 radical (unpaired) electrons. The van der Waals surface area contributed by atoms with Crippen molar-refractivity contribution in [3.05, 3.63) is 58.6 Å². The predicted molar refractivity (Wildman–Crippen MR) is 144 cm³/mol. The first-order valence-electron chi connectivity index (χ1n) is 12.0. The fraction of sp³-hybridized carbons (Fsp3) is 0.462. The molecule has 8 nitrogen and oxygen atoms in total. The molecule has 0 saturated carbocycles. The van der Waals surface area contributed by atoms with E-state index in [0.29, 0.717) is 18.0 Å². The predicted octanol–water partition coefficient (Wildman–Crippen LogP) is 4.15. The molecule has 0 spiro atoms. The SMILES string of the molecule is CCCCNC(=O)[C@@H](CC)N(Cc1cccc(C)c1)C(=O)CN(c1cc(Cl)ccc1OC)S(C)(=O)=O. The van der Waals surface area contributed by atoms with Gasteiger partial charge in [-0.05, 0) is 43.5 Å². The number of anilines is 1. The third kappa shape index (κ3) is 8.13. The van der Waals surface area contributed by atoms with Gasteiger partial charge in [0.15, 0.2) is 0 Å². The van der Waals surface area contributed by atoms with E-state index in [4.69, 9.17) is 16.3 Å². The van der Waals surface area contributed by atoms with Crippen LogP contribution in [0, 0.1) is 6.92 Å². The van der Waals surface area contributed by atoms with E-state index in [1.807, 2.05) is 45.0 Å². The molecular formula is C26H36ClN3O5S. The molecule has 2 aromatic carbocycles. The number of hydrogen-bond acceptors (Lipinski definition) is 5. The summed E-state index contributed by atoms with van der Waals surface area (Å²) in [6.07, 6.45) is 3.13. The van der Waals surface area contributed by atoms with Gasteiger partial charge in [-0.2, -0.15) is 0 Å². The molecule has 1 N–H and O–H groups in total. The number of carbonyl (C=O) groups excluding carboxylic acids is 2. The zero-order chi connectivity index (χ0) is 26.9. The Hall–Kier alpha value is -2.78. The lowest BCUT2D eigenvalue weighted by Crippen LogP contribution is -2.52. The van der Waals surface area contributed by atoms with Crippen molar-refractivity contribution in [2.24, 2.45) is 0 Å². The number of hydrogen-bond donors (Lipinski definition) is 1. The topological polar surface area (TPSA) is 96.0 Å². The van der Waals surface area contributed by atoms with E-state index in [2.05, 4.69) is 5.32 Å². The van der Waals surface area contributed by atoms with Crippen LogP contribution >= 0.6 is 11.6 Å². The first kappa shape index (κ1) is 29.5. The van der Waals surface area contributed by atoms with Crippen molar-refractivity contribution in [2.75, 3.05) is 30.8 Å². The molecule has 2 rings (SSSR count). The Balaban J connectivity index is 2.47. The number of halogens is 1. The summed E-state index contributed by atoms with van der Waals surface area (Å²) in [5.41, 5.74) is 2.01. The maximum absolute atomic E-state index is 13.7. The molecule has 0 heterocycles. The highest BCUT2D eigenvalue weighted by atomic mass is 35.5. The number of carbonyl (C=O) groups is 2. The molecule has 2 amide bonds. The molecule has 0 fully saturated rings. The van der Waals surface area contributed by atoms with Crippen molar-refractivity contribution >= 4 is 39.1 Å². The molecule has 0 aromatic heterocycles. The van der Waals surface area contributed by atoms with Gasteiger partial charge in [-0.15, -0.1) is 0 Å². The van der Waals surface area contributed by atoms with E-state index in [1.165, 1.54) is 18.1 Å². The Labute approximate surface area is 219 Å². The molecule has 0 unspecified atom stereocenters. The molecular weight excluding hydrogens is 502 g/mol. The summed E-state index contributed by atoms with van der Waals surface area (Å²) in [4.78, 5) is 28.3. The van der Waals surface area contributed by atoms with Gasteiger partial charge in [0, 0.05) is 18.1 Å². The number of nitrogens with one attached hydrogen (secondary N) is 1. The van der Waals surface area contributed by atoms with Gasteiger partial charge in [-0.3, -0.25) is 13.9 Å². The Bertz CT molecular complexity index is 1160. The highest BCUT2D eigenvalue weighted by Crippen LogP contribution is 2.33. The van der Waals surface area contributed by atoms with Gasteiger partial charge in [0.2, 0.25) is 21.8 Å². The lowest BCUT2D eigenvalue weighted by molar-refractivity contribution is -0.140. The smallest absolute Gasteiger partial charge is 0.244 e. The van der Waals surface area contributed by atoms with Crippen LogP contribution in [0.3, 0.4) is 0 Å². The Morgan fingerprint density at radius 3 is 2.44 bits per heavy atom. The molecule has 198 valence electrons. The molecule has 0 aliphatic rings. The van der Waals surface area contributed by atoms with E-state index < -0.39 is 28.5 Å². The summed E-state index contributed by atoms with van der Waals surface area (Å²) < 4.78 is 31.9. The third-order valence-corrected chi connectivity index (χ3v) is 7.10. The minimum atomic E-state index is -3.90. The summed E-state index contributed by atoms with van der Waals surface area (Å²) in [6.45, 7) is 5.95. The normalized spacial score (nSPS) is 12.1. The van der Waals surface area contributed by atoms with Crippen molar-refractivity contribution in [1.82, 2.24) is 10.2 Å². The highest BCUT2D eigenvalue weighted by Gasteiger charge is 2.32.